The van der Waals surface area contributed by atoms with Crippen molar-refractivity contribution in [2.24, 2.45) is 5.73 Å². The van der Waals surface area contributed by atoms with E-state index in [0.717, 1.165) is 4.70 Å². The lowest BCUT2D eigenvalue weighted by Crippen LogP contribution is -2.19. The third-order valence-electron chi connectivity index (χ3n) is 3.96. The van der Waals surface area contributed by atoms with E-state index in [2.05, 4.69) is 6.07 Å². The van der Waals surface area contributed by atoms with Gasteiger partial charge in [-0.15, -0.1) is 11.3 Å². The summed E-state index contributed by atoms with van der Waals surface area (Å²) in [5, 5.41) is 10.1. The summed E-state index contributed by atoms with van der Waals surface area (Å²) in [6, 6.07) is 12.5. The van der Waals surface area contributed by atoms with Gasteiger partial charge in [0.25, 0.3) is 0 Å². The Morgan fingerprint density at radius 3 is 2.67 bits per heavy atom. The highest BCUT2D eigenvalue weighted by atomic mass is 32.1. The molecule has 6 heteroatoms. The molecule has 0 spiro atoms. The summed E-state index contributed by atoms with van der Waals surface area (Å²) in [5.74, 6) is -0.926. The van der Waals surface area contributed by atoms with Gasteiger partial charge in [-0.1, -0.05) is 12.1 Å². The molecule has 118 valence electrons. The van der Waals surface area contributed by atoms with Gasteiger partial charge >= 0.3 is 0 Å². The number of nitrogens with two attached hydrogens (primary N) is 1. The molecule has 1 aliphatic rings. The van der Waals surface area contributed by atoms with E-state index in [1.807, 2.05) is 0 Å². The Morgan fingerprint density at radius 1 is 1.12 bits per heavy atom. The minimum absolute atomic E-state index is 0.0387. The van der Waals surface area contributed by atoms with E-state index in [1.54, 1.807) is 18.2 Å². The number of hydrogen-bond donors (Lipinski definition) is 1. The smallest absolute Gasteiger partial charge is 0.205 e. The molecule has 0 saturated carbocycles. The van der Waals surface area contributed by atoms with Crippen LogP contribution in [0, 0.1) is 23.0 Å². The van der Waals surface area contributed by atoms with E-state index >= 15 is 0 Å². The number of ether oxygens (including phenoxy) is 1. The Labute approximate surface area is 140 Å². The molecule has 24 heavy (non-hydrogen) atoms. The number of allylic oxidation sites excluding steroid dienone is 1. The van der Waals surface area contributed by atoms with Crippen molar-refractivity contribution < 1.29 is 13.5 Å². The standard InChI is InChI=1S/C18H10F2N2OS/c19-10-3-1-2-9(6-10)15-13(8-21)18(22)23-16-12-7-11(20)4-5-14(12)24-17(15)16/h1-7,15H,22H2. The second-order valence-electron chi connectivity index (χ2n) is 5.42. The van der Waals surface area contributed by atoms with Crippen molar-refractivity contribution in [2.75, 3.05) is 0 Å². The van der Waals surface area contributed by atoms with Gasteiger partial charge in [0.2, 0.25) is 5.88 Å². The zero-order valence-corrected chi connectivity index (χ0v) is 13.0. The number of nitrogens with zero attached hydrogens (tertiary/aromatic N) is 1. The maximum absolute atomic E-state index is 13.7. The Kier molecular flexibility index (Phi) is 3.25. The topological polar surface area (TPSA) is 59.0 Å². The summed E-state index contributed by atoms with van der Waals surface area (Å²) in [7, 11) is 0. The number of benzene rings is 2. The van der Waals surface area contributed by atoms with Gasteiger partial charge < -0.3 is 10.5 Å². The molecular weight excluding hydrogens is 330 g/mol. The van der Waals surface area contributed by atoms with Gasteiger partial charge in [0.05, 0.1) is 10.8 Å². The number of halogens is 2. The van der Waals surface area contributed by atoms with Crippen LogP contribution in [0.25, 0.3) is 10.1 Å². The third-order valence-corrected chi connectivity index (χ3v) is 5.18. The Morgan fingerprint density at radius 2 is 1.92 bits per heavy atom. The summed E-state index contributed by atoms with van der Waals surface area (Å²) in [6.07, 6.45) is 0. The van der Waals surface area contributed by atoms with Crippen LogP contribution in [0.4, 0.5) is 8.78 Å². The van der Waals surface area contributed by atoms with E-state index in [9.17, 15) is 14.0 Å². The molecule has 0 radical (unpaired) electrons. The van der Waals surface area contributed by atoms with E-state index in [4.69, 9.17) is 10.5 Å². The summed E-state index contributed by atoms with van der Waals surface area (Å²) in [5.41, 5.74) is 6.74. The largest absolute Gasteiger partial charge is 0.439 e. The van der Waals surface area contributed by atoms with Crippen LogP contribution in [0.15, 0.2) is 53.9 Å². The van der Waals surface area contributed by atoms with Crippen LogP contribution in [0.3, 0.4) is 0 Å². The molecule has 1 unspecified atom stereocenters. The van der Waals surface area contributed by atoms with Gasteiger partial charge in [0.1, 0.15) is 23.3 Å². The normalized spacial score (nSPS) is 16.6. The first kappa shape index (κ1) is 14.7. The van der Waals surface area contributed by atoms with Crippen LogP contribution in [0.2, 0.25) is 0 Å². The van der Waals surface area contributed by atoms with Gasteiger partial charge in [-0.05, 0) is 35.9 Å². The lowest BCUT2D eigenvalue weighted by molar-refractivity contribution is 0.401. The second kappa shape index (κ2) is 5.32. The molecule has 2 aromatic carbocycles. The summed E-state index contributed by atoms with van der Waals surface area (Å²) < 4.78 is 33.7. The number of hydrogen-bond acceptors (Lipinski definition) is 4. The third kappa shape index (κ3) is 2.14. The van der Waals surface area contributed by atoms with Gasteiger partial charge in [-0.2, -0.15) is 5.26 Å². The fourth-order valence-corrected chi connectivity index (χ4v) is 4.17. The lowest BCUT2D eigenvalue weighted by atomic mass is 9.88. The van der Waals surface area contributed by atoms with Crippen molar-refractivity contribution in [3.8, 4) is 11.8 Å². The highest BCUT2D eigenvalue weighted by Gasteiger charge is 2.34. The Balaban J connectivity index is 2.02. The SMILES string of the molecule is N#CC1=C(N)Oc2c(sc3ccc(F)cc23)C1c1cccc(F)c1. The fourth-order valence-electron chi connectivity index (χ4n) is 2.92. The zero-order chi connectivity index (χ0) is 16.8. The zero-order valence-electron chi connectivity index (χ0n) is 12.2. The molecule has 0 bridgehead atoms. The van der Waals surface area contributed by atoms with Crippen molar-refractivity contribution >= 4 is 21.4 Å². The fraction of sp³-hybridized carbons (Fsp3) is 0.0556. The van der Waals surface area contributed by atoms with Gasteiger partial charge in [0.15, 0.2) is 5.75 Å². The maximum Gasteiger partial charge on any atom is 0.205 e. The van der Waals surface area contributed by atoms with Gasteiger partial charge in [-0.25, -0.2) is 8.78 Å². The molecule has 2 N–H and O–H groups in total. The van der Waals surface area contributed by atoms with E-state index < -0.39 is 11.7 Å². The van der Waals surface area contributed by atoms with Crippen LogP contribution >= 0.6 is 11.3 Å². The first-order chi connectivity index (χ1) is 11.6. The minimum Gasteiger partial charge on any atom is -0.439 e. The van der Waals surface area contributed by atoms with Crippen LogP contribution < -0.4 is 10.5 Å². The van der Waals surface area contributed by atoms with Crippen molar-refractivity contribution in [1.82, 2.24) is 0 Å². The monoisotopic (exact) mass is 340 g/mol. The van der Waals surface area contributed by atoms with Crippen LogP contribution in [0.5, 0.6) is 5.75 Å². The molecule has 0 saturated heterocycles. The van der Waals surface area contributed by atoms with Crippen molar-refractivity contribution in [2.45, 2.75) is 5.92 Å². The predicted octanol–water partition coefficient (Wildman–Crippen LogP) is 4.40. The molecule has 0 aliphatic carbocycles. The van der Waals surface area contributed by atoms with Gasteiger partial charge in [-0.3, -0.25) is 0 Å². The van der Waals surface area contributed by atoms with Crippen LogP contribution in [-0.4, -0.2) is 0 Å². The molecule has 1 atom stereocenters. The lowest BCUT2D eigenvalue weighted by Gasteiger charge is -2.23. The molecule has 3 aromatic rings. The Bertz CT molecular complexity index is 1050. The molecule has 0 fully saturated rings. The average molecular weight is 340 g/mol. The van der Waals surface area contributed by atoms with Crippen LogP contribution in [0.1, 0.15) is 16.4 Å². The predicted molar refractivity (Wildman–Crippen MR) is 87.5 cm³/mol. The highest BCUT2D eigenvalue weighted by Crippen LogP contribution is 2.50. The molecule has 4 rings (SSSR count). The highest BCUT2D eigenvalue weighted by molar-refractivity contribution is 7.19. The molecule has 3 nitrogen and oxygen atoms in total. The molecule has 1 aliphatic heterocycles. The molecule has 1 aromatic heterocycles. The molecular formula is C18H10F2N2OS. The number of thiophene rings is 1. The van der Waals surface area contributed by atoms with Gasteiger partial charge in [0, 0.05) is 10.1 Å². The Hall–Kier alpha value is -2.91. The van der Waals surface area contributed by atoms with Crippen molar-refractivity contribution in [3.05, 3.63) is 76.0 Å². The maximum atomic E-state index is 13.7. The van der Waals surface area contributed by atoms with E-state index in [0.29, 0.717) is 21.6 Å². The summed E-state index contributed by atoms with van der Waals surface area (Å²) in [4.78, 5) is 0.715. The van der Waals surface area contributed by atoms with E-state index in [1.165, 1.54) is 35.6 Å². The number of rotatable bonds is 1. The van der Waals surface area contributed by atoms with Crippen LogP contribution in [-0.2, 0) is 0 Å². The quantitative estimate of drug-likeness (QED) is 0.714. The average Bonchev–Trinajstić information content (AvgIpc) is 2.91. The first-order valence-electron chi connectivity index (χ1n) is 7.13. The van der Waals surface area contributed by atoms with E-state index in [-0.39, 0.29) is 17.3 Å². The number of fused-ring (bicyclic) bond motifs is 3. The van der Waals surface area contributed by atoms with Crippen molar-refractivity contribution in [1.29, 1.82) is 5.26 Å². The summed E-state index contributed by atoms with van der Waals surface area (Å²) in [6.45, 7) is 0. The first-order valence-corrected chi connectivity index (χ1v) is 7.95. The second-order valence-corrected chi connectivity index (χ2v) is 6.50. The number of nitriles is 1. The molecule has 2 heterocycles. The van der Waals surface area contributed by atoms with Crippen molar-refractivity contribution in [3.63, 3.8) is 0 Å². The molecule has 0 amide bonds. The summed E-state index contributed by atoms with van der Waals surface area (Å²) >= 11 is 1.38. The minimum atomic E-state index is -0.532.